The van der Waals surface area contributed by atoms with Crippen LogP contribution in [0.25, 0.3) is 0 Å². The zero-order chi connectivity index (χ0) is 15.8. The minimum atomic E-state index is -0.385. The molecule has 3 N–H and O–H groups in total. The molecule has 1 saturated heterocycles. The molecule has 2 amide bonds. The fraction of sp³-hybridized carbons (Fsp3) is 0.467. The highest BCUT2D eigenvalue weighted by molar-refractivity contribution is 5.94. The summed E-state index contributed by atoms with van der Waals surface area (Å²) in [6.07, 6.45) is 0.353. The van der Waals surface area contributed by atoms with Crippen LogP contribution in [0.1, 0.15) is 16.8 Å². The van der Waals surface area contributed by atoms with Gasteiger partial charge in [0.15, 0.2) is 0 Å². The van der Waals surface area contributed by atoms with E-state index in [0.29, 0.717) is 38.3 Å². The Morgan fingerprint density at radius 2 is 1.91 bits per heavy atom. The molecule has 0 bridgehead atoms. The molecule has 128 valence electrons. The minimum Gasteiger partial charge on any atom is -0.378 e. The SMILES string of the molecule is Cl.O=C(CC1COCCN1)NCCNC(=O)c1ccc(F)cc1. The fourth-order valence-corrected chi connectivity index (χ4v) is 2.13. The van der Waals surface area contributed by atoms with Gasteiger partial charge in [0.1, 0.15) is 5.82 Å². The van der Waals surface area contributed by atoms with E-state index in [-0.39, 0.29) is 36.1 Å². The summed E-state index contributed by atoms with van der Waals surface area (Å²) in [6.45, 7) is 2.63. The van der Waals surface area contributed by atoms with Crippen LogP contribution in [0.3, 0.4) is 0 Å². The minimum absolute atomic E-state index is 0. The molecule has 0 spiro atoms. The van der Waals surface area contributed by atoms with Gasteiger partial charge in [-0.2, -0.15) is 0 Å². The molecule has 1 atom stereocenters. The summed E-state index contributed by atoms with van der Waals surface area (Å²) in [5.41, 5.74) is 0.385. The largest absolute Gasteiger partial charge is 0.378 e. The third-order valence-corrected chi connectivity index (χ3v) is 3.27. The van der Waals surface area contributed by atoms with E-state index >= 15 is 0 Å². The Bertz CT molecular complexity index is 507. The van der Waals surface area contributed by atoms with E-state index in [2.05, 4.69) is 16.0 Å². The van der Waals surface area contributed by atoms with Crippen molar-refractivity contribution < 1.29 is 18.7 Å². The van der Waals surface area contributed by atoms with Gasteiger partial charge in [0, 0.05) is 37.7 Å². The molecule has 0 aliphatic carbocycles. The van der Waals surface area contributed by atoms with E-state index in [1.807, 2.05) is 0 Å². The van der Waals surface area contributed by atoms with Gasteiger partial charge in [0.25, 0.3) is 5.91 Å². The van der Waals surface area contributed by atoms with E-state index in [1.54, 1.807) is 0 Å². The first-order valence-electron chi connectivity index (χ1n) is 7.27. The molecule has 1 aromatic carbocycles. The van der Waals surface area contributed by atoms with Crippen LogP contribution >= 0.6 is 12.4 Å². The maximum Gasteiger partial charge on any atom is 0.251 e. The molecule has 1 fully saturated rings. The lowest BCUT2D eigenvalue weighted by Gasteiger charge is -2.23. The van der Waals surface area contributed by atoms with Crippen molar-refractivity contribution in [3.05, 3.63) is 35.6 Å². The first kappa shape index (κ1) is 19.3. The van der Waals surface area contributed by atoms with E-state index in [0.717, 1.165) is 6.54 Å². The van der Waals surface area contributed by atoms with E-state index < -0.39 is 0 Å². The summed E-state index contributed by atoms with van der Waals surface area (Å²) in [5.74, 6) is -0.764. The van der Waals surface area contributed by atoms with Crippen LogP contribution in [0.15, 0.2) is 24.3 Å². The Kier molecular flexibility index (Phi) is 8.53. The summed E-state index contributed by atoms with van der Waals surface area (Å²) >= 11 is 0. The second-order valence-electron chi connectivity index (χ2n) is 5.04. The number of amides is 2. The Labute approximate surface area is 140 Å². The molecule has 23 heavy (non-hydrogen) atoms. The number of benzene rings is 1. The first-order chi connectivity index (χ1) is 10.6. The molecule has 1 aliphatic rings. The molecule has 6 nitrogen and oxygen atoms in total. The molecule has 8 heteroatoms. The van der Waals surface area contributed by atoms with Crippen LogP contribution in [0, 0.1) is 5.82 Å². The van der Waals surface area contributed by atoms with Crippen molar-refractivity contribution in [1.29, 1.82) is 0 Å². The Hall–Kier alpha value is -1.70. The van der Waals surface area contributed by atoms with Gasteiger partial charge in [-0.05, 0) is 24.3 Å². The lowest BCUT2D eigenvalue weighted by molar-refractivity contribution is -0.122. The van der Waals surface area contributed by atoms with E-state index in [4.69, 9.17) is 4.74 Å². The molecule has 1 aromatic rings. The number of halogens is 2. The number of carbonyl (C=O) groups is 2. The maximum absolute atomic E-state index is 12.7. The zero-order valence-corrected chi connectivity index (χ0v) is 13.5. The highest BCUT2D eigenvalue weighted by atomic mass is 35.5. The highest BCUT2D eigenvalue weighted by Crippen LogP contribution is 2.02. The lowest BCUT2D eigenvalue weighted by Crippen LogP contribution is -2.45. The predicted octanol–water partition coefficient (Wildman–Crippen LogP) is 0.472. The number of morpholine rings is 1. The topological polar surface area (TPSA) is 79.5 Å². The fourth-order valence-electron chi connectivity index (χ4n) is 2.13. The van der Waals surface area contributed by atoms with Crippen LogP contribution in [-0.2, 0) is 9.53 Å². The van der Waals surface area contributed by atoms with E-state index in [9.17, 15) is 14.0 Å². The molecule has 1 heterocycles. The summed E-state index contributed by atoms with van der Waals surface area (Å²) < 4.78 is 18.0. The van der Waals surface area contributed by atoms with Crippen molar-refractivity contribution in [2.24, 2.45) is 0 Å². The zero-order valence-electron chi connectivity index (χ0n) is 12.6. The number of hydrogen-bond donors (Lipinski definition) is 3. The van der Waals surface area contributed by atoms with Crippen LogP contribution < -0.4 is 16.0 Å². The number of rotatable bonds is 6. The van der Waals surface area contributed by atoms with Crippen LogP contribution in [0.5, 0.6) is 0 Å². The summed E-state index contributed by atoms with van der Waals surface area (Å²) in [7, 11) is 0. The highest BCUT2D eigenvalue weighted by Gasteiger charge is 2.16. The Morgan fingerprint density at radius 3 is 2.57 bits per heavy atom. The Balaban J connectivity index is 0.00000264. The van der Waals surface area contributed by atoms with Crippen molar-refractivity contribution in [2.45, 2.75) is 12.5 Å². The number of hydrogen-bond acceptors (Lipinski definition) is 4. The third-order valence-electron chi connectivity index (χ3n) is 3.27. The summed E-state index contributed by atoms with van der Waals surface area (Å²) in [4.78, 5) is 23.4. The molecule has 2 rings (SSSR count). The summed E-state index contributed by atoms with van der Waals surface area (Å²) in [6, 6.07) is 5.34. The van der Waals surface area contributed by atoms with Crippen molar-refractivity contribution in [2.75, 3.05) is 32.8 Å². The van der Waals surface area contributed by atoms with Crippen molar-refractivity contribution in [3.63, 3.8) is 0 Å². The van der Waals surface area contributed by atoms with Gasteiger partial charge >= 0.3 is 0 Å². The van der Waals surface area contributed by atoms with Crippen molar-refractivity contribution in [3.8, 4) is 0 Å². The number of ether oxygens (including phenoxy) is 1. The molecule has 0 radical (unpaired) electrons. The van der Waals surface area contributed by atoms with E-state index in [1.165, 1.54) is 24.3 Å². The molecule has 1 unspecified atom stereocenters. The number of nitrogens with one attached hydrogen (secondary N) is 3. The van der Waals surface area contributed by atoms with Gasteiger partial charge in [-0.3, -0.25) is 9.59 Å². The molecule has 0 aromatic heterocycles. The first-order valence-corrected chi connectivity index (χ1v) is 7.27. The molecular weight excluding hydrogens is 325 g/mol. The standard InChI is InChI=1S/C15H20FN3O3.ClH/c16-12-3-1-11(2-4-12)15(21)19-6-5-18-14(20)9-13-10-22-8-7-17-13;/h1-4,13,17H,5-10H2,(H,18,20)(H,19,21);1H. The molecule has 0 saturated carbocycles. The van der Waals surface area contributed by atoms with Gasteiger partial charge in [0.2, 0.25) is 5.91 Å². The van der Waals surface area contributed by atoms with Gasteiger partial charge in [0.05, 0.1) is 13.2 Å². The van der Waals surface area contributed by atoms with Crippen LogP contribution in [0.2, 0.25) is 0 Å². The van der Waals surface area contributed by atoms with Gasteiger partial charge in [-0.1, -0.05) is 0 Å². The normalized spacial score (nSPS) is 17.0. The van der Waals surface area contributed by atoms with Crippen LogP contribution in [-0.4, -0.2) is 50.7 Å². The quantitative estimate of drug-likeness (QED) is 0.655. The van der Waals surface area contributed by atoms with Gasteiger partial charge < -0.3 is 20.7 Å². The average molecular weight is 346 g/mol. The van der Waals surface area contributed by atoms with Crippen LogP contribution in [0.4, 0.5) is 4.39 Å². The number of carbonyl (C=O) groups excluding carboxylic acids is 2. The second kappa shape index (κ2) is 10.1. The Morgan fingerprint density at radius 1 is 1.22 bits per heavy atom. The van der Waals surface area contributed by atoms with Gasteiger partial charge in [-0.25, -0.2) is 4.39 Å². The predicted molar refractivity (Wildman–Crippen MR) is 86.2 cm³/mol. The monoisotopic (exact) mass is 345 g/mol. The maximum atomic E-state index is 12.7. The van der Waals surface area contributed by atoms with Crippen molar-refractivity contribution in [1.82, 2.24) is 16.0 Å². The van der Waals surface area contributed by atoms with Crippen molar-refractivity contribution >= 4 is 24.2 Å². The smallest absolute Gasteiger partial charge is 0.251 e. The molecule has 1 aliphatic heterocycles. The molecular formula is C15H21ClFN3O3. The summed E-state index contributed by atoms with van der Waals surface area (Å²) in [5, 5.41) is 8.60. The van der Waals surface area contributed by atoms with Gasteiger partial charge in [-0.15, -0.1) is 12.4 Å². The third kappa shape index (κ3) is 6.94. The second-order valence-corrected chi connectivity index (χ2v) is 5.04. The lowest BCUT2D eigenvalue weighted by atomic mass is 10.2. The average Bonchev–Trinajstić information content (AvgIpc) is 2.53.